The van der Waals surface area contributed by atoms with Gasteiger partial charge in [0, 0.05) is 23.0 Å². The minimum absolute atomic E-state index is 0.115. The summed E-state index contributed by atoms with van der Waals surface area (Å²) >= 11 is 2.79. The van der Waals surface area contributed by atoms with Crippen molar-refractivity contribution in [3.8, 4) is 23.0 Å². The molecular formula is C30H34N6O6S2. The summed E-state index contributed by atoms with van der Waals surface area (Å²) in [6.07, 6.45) is 4.03. The first kappa shape index (κ1) is 31.1. The number of para-hydroxylation sites is 2. The van der Waals surface area contributed by atoms with E-state index in [9.17, 15) is 9.59 Å². The minimum atomic E-state index is -0.214. The summed E-state index contributed by atoms with van der Waals surface area (Å²) in [6.45, 7) is 0. The average molecular weight is 639 g/mol. The van der Waals surface area contributed by atoms with Crippen LogP contribution in [0.4, 0.5) is 10.3 Å². The van der Waals surface area contributed by atoms with Crippen LogP contribution in [0.15, 0.2) is 36.4 Å². The van der Waals surface area contributed by atoms with Gasteiger partial charge in [-0.05, 0) is 31.4 Å². The number of carbonyl (C=O) groups excluding carboxylic acids is 2. The highest BCUT2D eigenvalue weighted by Crippen LogP contribution is 2.43. The largest absolute Gasteiger partial charge is 0.493 e. The number of ether oxygens (including phenoxy) is 4. The number of nitrogens with zero attached hydrogens (tertiary/aromatic N) is 4. The number of hydrogen-bond acceptors (Lipinski definition) is 12. The molecule has 2 amide bonds. The molecule has 14 heteroatoms. The molecule has 0 saturated heterocycles. The van der Waals surface area contributed by atoms with E-state index in [1.54, 1.807) is 40.6 Å². The number of benzene rings is 2. The lowest BCUT2D eigenvalue weighted by molar-refractivity contribution is -0.116. The summed E-state index contributed by atoms with van der Waals surface area (Å²) < 4.78 is 21.5. The van der Waals surface area contributed by atoms with Crippen molar-refractivity contribution < 1.29 is 28.5 Å². The van der Waals surface area contributed by atoms with E-state index in [2.05, 4.69) is 31.0 Å². The van der Waals surface area contributed by atoms with E-state index in [0.29, 0.717) is 33.3 Å². The van der Waals surface area contributed by atoms with Crippen molar-refractivity contribution in [1.82, 2.24) is 20.4 Å². The van der Waals surface area contributed by atoms with Crippen molar-refractivity contribution in [2.24, 2.45) is 0 Å². The van der Waals surface area contributed by atoms with Crippen molar-refractivity contribution in [2.75, 3.05) is 39.1 Å². The van der Waals surface area contributed by atoms with E-state index >= 15 is 0 Å². The first-order chi connectivity index (χ1) is 21.4. The van der Waals surface area contributed by atoms with E-state index in [4.69, 9.17) is 18.9 Å². The number of carbonyl (C=O) groups is 2. The molecule has 12 nitrogen and oxygen atoms in total. The molecule has 2 aromatic heterocycles. The van der Waals surface area contributed by atoms with Crippen molar-refractivity contribution >= 4 is 44.8 Å². The smallest absolute Gasteiger partial charge is 0.230 e. The third kappa shape index (κ3) is 7.25. The molecule has 0 unspecified atom stereocenters. The van der Waals surface area contributed by atoms with E-state index in [1.807, 2.05) is 24.3 Å². The molecule has 0 bridgehead atoms. The molecule has 1 fully saturated rings. The van der Waals surface area contributed by atoms with Crippen LogP contribution in [0.5, 0.6) is 23.0 Å². The molecule has 232 valence electrons. The Morgan fingerprint density at radius 1 is 0.705 bits per heavy atom. The van der Waals surface area contributed by atoms with Gasteiger partial charge >= 0.3 is 0 Å². The topological polar surface area (TPSA) is 147 Å². The molecule has 1 aliphatic rings. The van der Waals surface area contributed by atoms with Crippen LogP contribution >= 0.6 is 22.7 Å². The molecular weight excluding hydrogens is 605 g/mol. The fourth-order valence-corrected chi connectivity index (χ4v) is 7.21. The monoisotopic (exact) mass is 638 g/mol. The molecule has 0 aliphatic heterocycles. The number of rotatable bonds is 12. The Balaban J connectivity index is 1.17. The predicted octanol–water partition coefficient (Wildman–Crippen LogP) is 5.23. The molecule has 2 N–H and O–H groups in total. The molecule has 2 atom stereocenters. The number of aromatic nitrogens is 4. The van der Waals surface area contributed by atoms with Crippen LogP contribution in [0.25, 0.3) is 0 Å². The average Bonchev–Trinajstić information content (AvgIpc) is 3.70. The summed E-state index contributed by atoms with van der Waals surface area (Å²) in [5.74, 6) is 2.17. The Labute approximate surface area is 263 Å². The molecule has 2 aromatic carbocycles. The number of methoxy groups -OCH3 is 4. The molecule has 1 saturated carbocycles. The van der Waals surface area contributed by atoms with Crippen LogP contribution in [0.2, 0.25) is 0 Å². The van der Waals surface area contributed by atoms with Gasteiger partial charge in [0.15, 0.2) is 23.0 Å². The van der Waals surface area contributed by atoms with Gasteiger partial charge in [0.1, 0.15) is 10.0 Å². The maximum atomic E-state index is 12.8. The summed E-state index contributed by atoms with van der Waals surface area (Å²) in [6, 6.07) is 10.9. The molecule has 0 radical (unpaired) electrons. The Bertz CT molecular complexity index is 1490. The Morgan fingerprint density at radius 2 is 1.16 bits per heavy atom. The zero-order valence-corrected chi connectivity index (χ0v) is 26.5. The lowest BCUT2D eigenvalue weighted by atomic mass is 9.82. The van der Waals surface area contributed by atoms with Gasteiger partial charge in [-0.25, -0.2) is 0 Å². The predicted molar refractivity (Wildman–Crippen MR) is 168 cm³/mol. The van der Waals surface area contributed by atoms with Crippen LogP contribution in [-0.4, -0.2) is 60.6 Å². The maximum absolute atomic E-state index is 12.8. The van der Waals surface area contributed by atoms with Gasteiger partial charge in [-0.2, -0.15) is 0 Å². The summed E-state index contributed by atoms with van der Waals surface area (Å²) in [4.78, 5) is 25.6. The number of anilines is 2. The van der Waals surface area contributed by atoms with E-state index < -0.39 is 0 Å². The van der Waals surface area contributed by atoms with E-state index in [0.717, 1.165) is 46.8 Å². The number of amides is 2. The quantitative estimate of drug-likeness (QED) is 0.212. The molecule has 0 spiro atoms. The van der Waals surface area contributed by atoms with Crippen LogP contribution in [0.3, 0.4) is 0 Å². The Hall–Kier alpha value is -4.30. The van der Waals surface area contributed by atoms with Crippen LogP contribution in [0.1, 0.15) is 58.7 Å². The van der Waals surface area contributed by atoms with Crippen molar-refractivity contribution in [3.63, 3.8) is 0 Å². The van der Waals surface area contributed by atoms with Crippen LogP contribution in [-0.2, 0) is 22.4 Å². The van der Waals surface area contributed by atoms with Gasteiger partial charge in [-0.3, -0.25) is 9.59 Å². The molecule has 2 heterocycles. The van der Waals surface area contributed by atoms with Gasteiger partial charge in [-0.1, -0.05) is 53.4 Å². The van der Waals surface area contributed by atoms with E-state index in [-0.39, 0.29) is 36.5 Å². The fraction of sp³-hybridized carbons (Fsp3) is 0.400. The summed E-state index contributed by atoms with van der Waals surface area (Å²) in [7, 11) is 6.22. The zero-order chi connectivity index (χ0) is 31.1. The van der Waals surface area contributed by atoms with Gasteiger partial charge in [0.05, 0.1) is 41.3 Å². The zero-order valence-electron chi connectivity index (χ0n) is 24.9. The molecule has 1 aliphatic carbocycles. The molecule has 44 heavy (non-hydrogen) atoms. The van der Waals surface area contributed by atoms with Crippen LogP contribution < -0.4 is 29.6 Å². The van der Waals surface area contributed by atoms with E-state index in [1.165, 1.54) is 22.7 Å². The number of hydrogen-bond donors (Lipinski definition) is 2. The standard InChI is InChI=1S/C30H34N6O6S2/c1-39-21-12-6-8-17(25(21)41-3)15-23(37)31-29-35-33-27(43-29)19-10-5-11-20(14-19)28-34-36-30(44-28)32-24(38)16-18-9-7-13-22(40-2)26(18)42-4/h6-9,12-13,19-20H,5,10-11,14-16H2,1-4H3,(H,31,35,37)(H,32,36,38)/t19-,20-/m1/s1. The first-order valence-corrected chi connectivity index (χ1v) is 15.7. The fourth-order valence-electron chi connectivity index (χ4n) is 5.40. The Morgan fingerprint density at radius 3 is 1.57 bits per heavy atom. The SMILES string of the molecule is COc1cccc(CC(=O)Nc2nnc([C@@H]3CCC[C@@H](c4nnc(NC(=O)Cc5cccc(OC)c5OC)s4)C3)s2)c1OC. The van der Waals surface area contributed by atoms with Gasteiger partial charge in [-0.15, -0.1) is 20.4 Å². The maximum Gasteiger partial charge on any atom is 0.230 e. The Kier molecular flexibility index (Phi) is 10.2. The second-order valence-electron chi connectivity index (χ2n) is 10.2. The lowest BCUT2D eigenvalue weighted by Crippen LogP contribution is -2.15. The molecule has 5 rings (SSSR count). The third-order valence-corrected chi connectivity index (χ3v) is 9.42. The van der Waals surface area contributed by atoms with Gasteiger partial charge < -0.3 is 29.6 Å². The molecule has 4 aromatic rings. The first-order valence-electron chi connectivity index (χ1n) is 14.1. The van der Waals surface area contributed by atoms with Gasteiger partial charge in [0.25, 0.3) is 0 Å². The summed E-state index contributed by atoms with van der Waals surface area (Å²) in [5.41, 5.74) is 1.44. The van der Waals surface area contributed by atoms with Crippen molar-refractivity contribution in [2.45, 2.75) is 50.4 Å². The highest BCUT2D eigenvalue weighted by Gasteiger charge is 2.29. The third-order valence-electron chi connectivity index (χ3n) is 7.42. The summed E-state index contributed by atoms with van der Waals surface area (Å²) in [5, 5.41) is 25.7. The second kappa shape index (κ2) is 14.4. The lowest BCUT2D eigenvalue weighted by Gasteiger charge is -2.25. The number of nitrogens with one attached hydrogen (secondary N) is 2. The highest BCUT2D eigenvalue weighted by molar-refractivity contribution is 7.15. The highest BCUT2D eigenvalue weighted by atomic mass is 32.1. The van der Waals surface area contributed by atoms with Gasteiger partial charge in [0.2, 0.25) is 22.1 Å². The van der Waals surface area contributed by atoms with Crippen molar-refractivity contribution in [1.29, 1.82) is 0 Å². The van der Waals surface area contributed by atoms with Crippen LogP contribution in [0, 0.1) is 0 Å². The minimum Gasteiger partial charge on any atom is -0.493 e. The van der Waals surface area contributed by atoms with Crippen molar-refractivity contribution in [3.05, 3.63) is 57.5 Å². The second-order valence-corrected chi connectivity index (χ2v) is 12.2. The normalized spacial score (nSPS) is 16.2.